The first-order valence-electron chi connectivity index (χ1n) is 7.39. The first kappa shape index (κ1) is 14.6. The summed E-state index contributed by atoms with van der Waals surface area (Å²) < 4.78 is 0. The topological polar surface area (TPSA) is 84.0 Å². The Kier molecular flexibility index (Phi) is 3.78. The molecule has 1 aliphatic heterocycles. The highest BCUT2D eigenvalue weighted by Crippen LogP contribution is 2.42. The predicted octanol–water partition coefficient (Wildman–Crippen LogP) is 2.86. The summed E-state index contributed by atoms with van der Waals surface area (Å²) in [4.78, 5) is 25.3. The molecule has 0 radical (unpaired) electrons. The number of thioether (sulfide) groups is 1. The lowest BCUT2D eigenvalue weighted by Crippen LogP contribution is -2.32. The molecule has 1 atom stereocenters. The van der Waals surface area contributed by atoms with Crippen molar-refractivity contribution in [1.82, 2.24) is 10.2 Å². The van der Waals surface area contributed by atoms with Gasteiger partial charge in [-0.1, -0.05) is 23.5 Å². The number of nitrogens with zero attached hydrogens (tertiary/aromatic N) is 2. The highest BCUT2D eigenvalue weighted by Gasteiger charge is 2.30. The lowest BCUT2D eigenvalue weighted by Gasteiger charge is -2.23. The van der Waals surface area contributed by atoms with Gasteiger partial charge in [0.15, 0.2) is 0 Å². The Morgan fingerprint density at radius 3 is 2.96 bits per heavy atom. The molecule has 1 aromatic heterocycles. The maximum absolute atomic E-state index is 12.2. The Bertz CT molecular complexity index is 772. The lowest BCUT2D eigenvalue weighted by atomic mass is 10.2. The predicted molar refractivity (Wildman–Crippen MR) is 89.8 cm³/mol. The first-order valence-corrected chi connectivity index (χ1v) is 9.08. The number of amides is 2. The summed E-state index contributed by atoms with van der Waals surface area (Å²) in [5.74, 6) is 0.171. The minimum Gasteiger partial charge on any atom is -0.324 e. The maximum atomic E-state index is 12.2. The molecule has 118 valence electrons. The van der Waals surface area contributed by atoms with E-state index in [9.17, 15) is 9.59 Å². The van der Waals surface area contributed by atoms with Gasteiger partial charge in [0.25, 0.3) is 0 Å². The van der Waals surface area contributed by atoms with Gasteiger partial charge in [0.1, 0.15) is 5.01 Å². The smallest absolute Gasteiger partial charge is 0.238 e. The minimum atomic E-state index is -0.430. The lowest BCUT2D eigenvalue weighted by molar-refractivity contribution is -0.120. The van der Waals surface area contributed by atoms with Crippen LogP contribution in [0.4, 0.5) is 10.8 Å². The largest absolute Gasteiger partial charge is 0.324 e. The molecule has 23 heavy (non-hydrogen) atoms. The van der Waals surface area contributed by atoms with Gasteiger partial charge in [0.2, 0.25) is 16.9 Å². The van der Waals surface area contributed by atoms with E-state index in [0.717, 1.165) is 28.4 Å². The van der Waals surface area contributed by atoms with E-state index in [1.807, 2.05) is 24.3 Å². The normalized spacial score (nSPS) is 19.8. The van der Waals surface area contributed by atoms with Crippen molar-refractivity contribution in [3.8, 4) is 0 Å². The van der Waals surface area contributed by atoms with E-state index in [1.165, 1.54) is 23.1 Å². The molecule has 0 saturated heterocycles. The summed E-state index contributed by atoms with van der Waals surface area (Å²) in [6.45, 7) is 0. The van der Waals surface area contributed by atoms with Gasteiger partial charge in [-0.3, -0.25) is 9.59 Å². The summed E-state index contributed by atoms with van der Waals surface area (Å²) in [6, 6.07) is 7.59. The van der Waals surface area contributed by atoms with Gasteiger partial charge in [-0.05, 0) is 25.0 Å². The third-order valence-corrected chi connectivity index (χ3v) is 5.97. The molecule has 1 aliphatic carbocycles. The van der Waals surface area contributed by atoms with Crippen molar-refractivity contribution in [2.45, 2.75) is 35.3 Å². The fraction of sp³-hybridized carbons (Fsp3) is 0.333. The number of para-hydroxylation sites is 1. The molecule has 1 fully saturated rings. The molecular weight excluding hydrogens is 332 g/mol. The Hall–Kier alpha value is -1.93. The van der Waals surface area contributed by atoms with Crippen LogP contribution in [0.5, 0.6) is 0 Å². The molecular formula is C15H14N4O2S2. The van der Waals surface area contributed by atoms with Gasteiger partial charge in [0, 0.05) is 17.2 Å². The minimum absolute atomic E-state index is 0.114. The van der Waals surface area contributed by atoms with Gasteiger partial charge in [-0.25, -0.2) is 0 Å². The van der Waals surface area contributed by atoms with E-state index in [4.69, 9.17) is 0 Å². The zero-order valence-electron chi connectivity index (χ0n) is 12.1. The number of carbonyl (C=O) groups is 2. The number of fused-ring (bicyclic) bond motifs is 1. The van der Waals surface area contributed by atoms with Gasteiger partial charge >= 0.3 is 0 Å². The first-order chi connectivity index (χ1) is 11.2. The van der Waals surface area contributed by atoms with Crippen LogP contribution < -0.4 is 10.6 Å². The molecule has 2 amide bonds. The van der Waals surface area contributed by atoms with Crippen molar-refractivity contribution < 1.29 is 9.59 Å². The molecule has 1 saturated carbocycles. The zero-order valence-corrected chi connectivity index (χ0v) is 13.7. The maximum Gasteiger partial charge on any atom is 0.238 e. The molecule has 2 aromatic rings. The quantitative estimate of drug-likeness (QED) is 0.889. The molecule has 0 spiro atoms. The Morgan fingerprint density at radius 1 is 1.30 bits per heavy atom. The Balaban J connectivity index is 1.39. The molecule has 4 rings (SSSR count). The number of nitrogens with one attached hydrogen (secondary N) is 2. The fourth-order valence-corrected chi connectivity index (χ4v) is 4.39. The number of hydrogen-bond acceptors (Lipinski definition) is 6. The molecule has 0 unspecified atom stereocenters. The van der Waals surface area contributed by atoms with Crippen LogP contribution in [0.2, 0.25) is 0 Å². The molecule has 8 heteroatoms. The summed E-state index contributed by atoms with van der Waals surface area (Å²) in [6.07, 6.45) is 2.42. The third kappa shape index (κ3) is 3.23. The zero-order chi connectivity index (χ0) is 15.8. The van der Waals surface area contributed by atoms with Gasteiger partial charge in [0.05, 0.1) is 10.9 Å². The number of aromatic nitrogens is 2. The second-order valence-electron chi connectivity index (χ2n) is 5.56. The number of carbonyl (C=O) groups excluding carboxylic acids is 2. The van der Waals surface area contributed by atoms with Crippen molar-refractivity contribution in [1.29, 1.82) is 0 Å². The van der Waals surface area contributed by atoms with Crippen molar-refractivity contribution in [2.24, 2.45) is 0 Å². The van der Waals surface area contributed by atoms with E-state index in [1.54, 1.807) is 0 Å². The standard InChI is InChI=1S/C15H14N4O2S2/c20-12(17-15-19-18-14(23-15)8-5-6-8)7-11-13(21)16-9-3-1-2-4-10(9)22-11/h1-4,8,11H,5-7H2,(H,16,21)(H,17,19,20)/t11-/m1/s1. The molecule has 0 bridgehead atoms. The van der Waals surface area contributed by atoms with E-state index >= 15 is 0 Å². The van der Waals surface area contributed by atoms with Crippen molar-refractivity contribution >= 4 is 45.7 Å². The Morgan fingerprint density at radius 2 is 2.13 bits per heavy atom. The van der Waals surface area contributed by atoms with E-state index < -0.39 is 5.25 Å². The monoisotopic (exact) mass is 346 g/mol. The van der Waals surface area contributed by atoms with Crippen molar-refractivity contribution in [3.63, 3.8) is 0 Å². The van der Waals surface area contributed by atoms with Crippen molar-refractivity contribution in [3.05, 3.63) is 29.3 Å². The second kappa shape index (κ2) is 5.93. The number of hydrogen-bond donors (Lipinski definition) is 2. The van der Waals surface area contributed by atoms with Crippen LogP contribution in [0.15, 0.2) is 29.2 Å². The van der Waals surface area contributed by atoms with Crippen LogP contribution in [0.1, 0.15) is 30.2 Å². The van der Waals surface area contributed by atoms with Gasteiger partial charge < -0.3 is 10.6 Å². The summed E-state index contributed by atoms with van der Waals surface area (Å²) in [5, 5.41) is 14.7. The molecule has 2 aliphatic rings. The van der Waals surface area contributed by atoms with Crippen LogP contribution in [-0.2, 0) is 9.59 Å². The number of benzene rings is 1. The van der Waals surface area contributed by atoms with Crippen LogP contribution in [-0.4, -0.2) is 27.3 Å². The highest BCUT2D eigenvalue weighted by molar-refractivity contribution is 8.01. The van der Waals surface area contributed by atoms with E-state index in [-0.39, 0.29) is 18.2 Å². The van der Waals surface area contributed by atoms with Gasteiger partial charge in [-0.15, -0.1) is 22.0 Å². The van der Waals surface area contributed by atoms with Crippen LogP contribution >= 0.6 is 23.1 Å². The second-order valence-corrected chi connectivity index (χ2v) is 7.82. The van der Waals surface area contributed by atoms with Crippen molar-refractivity contribution in [2.75, 3.05) is 10.6 Å². The Labute approximate surface area is 141 Å². The summed E-state index contributed by atoms with van der Waals surface area (Å²) in [7, 11) is 0. The van der Waals surface area contributed by atoms with E-state index in [0.29, 0.717) is 11.0 Å². The van der Waals surface area contributed by atoms with Crippen LogP contribution in [0.3, 0.4) is 0 Å². The number of anilines is 2. The summed E-state index contributed by atoms with van der Waals surface area (Å²) in [5.41, 5.74) is 0.803. The van der Waals surface area contributed by atoms with Crippen LogP contribution in [0, 0.1) is 0 Å². The molecule has 2 N–H and O–H groups in total. The number of rotatable bonds is 4. The third-order valence-electron chi connectivity index (χ3n) is 3.69. The van der Waals surface area contributed by atoms with Gasteiger partial charge in [-0.2, -0.15) is 0 Å². The molecule has 6 nitrogen and oxygen atoms in total. The van der Waals surface area contributed by atoms with E-state index in [2.05, 4.69) is 20.8 Å². The average Bonchev–Trinajstić information content (AvgIpc) is 3.28. The summed E-state index contributed by atoms with van der Waals surface area (Å²) >= 11 is 2.84. The highest BCUT2D eigenvalue weighted by atomic mass is 32.2. The van der Waals surface area contributed by atoms with Crippen LogP contribution in [0.25, 0.3) is 0 Å². The SMILES string of the molecule is O=C(C[C@H]1Sc2ccccc2NC1=O)Nc1nnc(C2CC2)s1. The average molecular weight is 346 g/mol. The molecule has 2 heterocycles. The fourth-order valence-electron chi connectivity index (χ4n) is 2.35. The molecule has 1 aromatic carbocycles.